The highest BCUT2D eigenvalue weighted by Gasteiger charge is 2.20. The summed E-state index contributed by atoms with van der Waals surface area (Å²) in [7, 11) is 1.38. The lowest BCUT2D eigenvalue weighted by Crippen LogP contribution is -2.29. The summed E-state index contributed by atoms with van der Waals surface area (Å²) in [5, 5.41) is 0. The Kier molecular flexibility index (Phi) is 2.06. The van der Waals surface area contributed by atoms with Gasteiger partial charge < -0.3 is 14.0 Å². The third kappa shape index (κ3) is 1.45. The van der Waals surface area contributed by atoms with Crippen LogP contribution in [0.15, 0.2) is 18.5 Å². The van der Waals surface area contributed by atoms with Crippen LogP contribution in [0.25, 0.3) is 0 Å². The molecular weight excluding hydrogens is 170 g/mol. The van der Waals surface area contributed by atoms with Crippen LogP contribution < -0.4 is 0 Å². The Morgan fingerprint density at radius 1 is 1.69 bits per heavy atom. The Morgan fingerprint density at radius 2 is 2.46 bits per heavy atom. The minimum Gasteiger partial charge on any atom is -0.465 e. The van der Waals surface area contributed by atoms with Crippen molar-refractivity contribution in [3.8, 4) is 0 Å². The number of esters is 1. The van der Waals surface area contributed by atoms with Gasteiger partial charge in [0.05, 0.1) is 31.9 Å². The minimum atomic E-state index is -0.293. The van der Waals surface area contributed by atoms with Gasteiger partial charge in [-0.15, -0.1) is 0 Å². The molecule has 0 aromatic carbocycles. The molecule has 1 aromatic rings. The van der Waals surface area contributed by atoms with E-state index in [2.05, 4.69) is 4.74 Å². The van der Waals surface area contributed by atoms with Gasteiger partial charge in [0.2, 0.25) is 0 Å². The fraction of sp³-hybridized carbons (Fsp3) is 0.444. The number of carbonyl (C=O) groups excluding carboxylic acids is 1. The van der Waals surface area contributed by atoms with Crippen LogP contribution in [-0.2, 0) is 9.47 Å². The van der Waals surface area contributed by atoms with Crippen molar-refractivity contribution in [1.82, 2.24) is 4.57 Å². The average molecular weight is 181 g/mol. The number of carbonyl (C=O) groups is 1. The zero-order valence-corrected chi connectivity index (χ0v) is 7.40. The fourth-order valence-electron chi connectivity index (χ4n) is 1.27. The van der Waals surface area contributed by atoms with Crippen molar-refractivity contribution in [2.75, 3.05) is 20.3 Å². The highest BCUT2D eigenvalue weighted by atomic mass is 16.5. The Labute approximate surface area is 76.1 Å². The second-order valence-corrected chi connectivity index (χ2v) is 3.03. The van der Waals surface area contributed by atoms with E-state index in [-0.39, 0.29) is 5.97 Å². The first-order chi connectivity index (χ1) is 6.31. The molecule has 0 amide bonds. The summed E-state index contributed by atoms with van der Waals surface area (Å²) < 4.78 is 11.6. The molecule has 1 aliphatic rings. The van der Waals surface area contributed by atoms with Crippen LogP contribution in [0.5, 0.6) is 0 Å². The van der Waals surface area contributed by atoms with Crippen molar-refractivity contribution < 1.29 is 14.3 Å². The predicted molar refractivity (Wildman–Crippen MR) is 45.6 cm³/mol. The molecule has 2 rings (SSSR count). The average Bonchev–Trinajstić information content (AvgIpc) is 2.49. The quantitative estimate of drug-likeness (QED) is 0.635. The second-order valence-electron chi connectivity index (χ2n) is 3.03. The van der Waals surface area contributed by atoms with E-state index in [4.69, 9.17) is 4.74 Å². The topological polar surface area (TPSA) is 40.5 Å². The Balaban J connectivity index is 2.12. The second kappa shape index (κ2) is 3.22. The van der Waals surface area contributed by atoms with Gasteiger partial charge in [0, 0.05) is 12.4 Å². The van der Waals surface area contributed by atoms with Crippen molar-refractivity contribution in [2.24, 2.45) is 0 Å². The summed E-state index contributed by atoms with van der Waals surface area (Å²) in [4.78, 5) is 11.1. The third-order valence-electron chi connectivity index (χ3n) is 2.18. The monoisotopic (exact) mass is 181 g/mol. The number of ether oxygens (including phenoxy) is 2. The number of aromatic nitrogens is 1. The van der Waals surface area contributed by atoms with E-state index in [1.54, 1.807) is 12.3 Å². The summed E-state index contributed by atoms with van der Waals surface area (Å²) in [6.45, 7) is 1.46. The lowest BCUT2D eigenvalue weighted by Gasteiger charge is -2.27. The van der Waals surface area contributed by atoms with Crippen LogP contribution >= 0.6 is 0 Å². The molecule has 1 saturated heterocycles. The third-order valence-corrected chi connectivity index (χ3v) is 2.18. The number of hydrogen-bond donors (Lipinski definition) is 0. The molecule has 2 heterocycles. The molecule has 13 heavy (non-hydrogen) atoms. The van der Waals surface area contributed by atoms with Gasteiger partial charge in [-0.25, -0.2) is 4.79 Å². The van der Waals surface area contributed by atoms with E-state index >= 15 is 0 Å². The van der Waals surface area contributed by atoms with Gasteiger partial charge >= 0.3 is 5.97 Å². The zero-order chi connectivity index (χ0) is 9.26. The normalized spacial score (nSPS) is 16.7. The van der Waals surface area contributed by atoms with Gasteiger partial charge in [-0.3, -0.25) is 0 Å². The van der Waals surface area contributed by atoms with E-state index in [1.807, 2.05) is 10.8 Å². The molecule has 1 aromatic heterocycles. The maximum atomic E-state index is 11.1. The molecule has 4 nitrogen and oxygen atoms in total. The van der Waals surface area contributed by atoms with Gasteiger partial charge in [-0.2, -0.15) is 0 Å². The SMILES string of the molecule is COC(=O)c1ccn(C2COC2)c1. The number of methoxy groups -OCH3 is 1. The van der Waals surface area contributed by atoms with Crippen molar-refractivity contribution in [3.05, 3.63) is 24.0 Å². The minimum absolute atomic E-state index is 0.293. The van der Waals surface area contributed by atoms with Crippen molar-refractivity contribution in [3.63, 3.8) is 0 Å². The standard InChI is InChI=1S/C9H11NO3/c1-12-9(11)7-2-3-10(4-7)8-5-13-6-8/h2-4,8H,5-6H2,1H3. The molecule has 0 bridgehead atoms. The van der Waals surface area contributed by atoms with Crippen molar-refractivity contribution >= 4 is 5.97 Å². The predicted octanol–water partition coefficient (Wildman–Crippen LogP) is 0.846. The summed E-state index contributed by atoms with van der Waals surface area (Å²) in [5.41, 5.74) is 0.592. The molecule has 0 unspecified atom stereocenters. The first kappa shape index (κ1) is 8.31. The van der Waals surface area contributed by atoms with Crippen LogP contribution in [-0.4, -0.2) is 30.9 Å². The largest absolute Gasteiger partial charge is 0.465 e. The number of rotatable bonds is 2. The van der Waals surface area contributed by atoms with Gasteiger partial charge in [0.1, 0.15) is 0 Å². The molecule has 0 spiro atoms. The lowest BCUT2D eigenvalue weighted by atomic mass is 10.2. The molecule has 1 aliphatic heterocycles. The Hall–Kier alpha value is -1.29. The van der Waals surface area contributed by atoms with Crippen LogP contribution in [0.3, 0.4) is 0 Å². The van der Waals surface area contributed by atoms with Crippen LogP contribution in [0.4, 0.5) is 0 Å². The Morgan fingerprint density at radius 3 is 3.00 bits per heavy atom. The molecule has 0 N–H and O–H groups in total. The molecule has 1 fully saturated rings. The van der Waals surface area contributed by atoms with Crippen molar-refractivity contribution in [1.29, 1.82) is 0 Å². The molecule has 4 heteroatoms. The van der Waals surface area contributed by atoms with E-state index in [0.717, 1.165) is 13.2 Å². The molecule has 0 saturated carbocycles. The number of nitrogens with zero attached hydrogens (tertiary/aromatic N) is 1. The van der Waals surface area contributed by atoms with Gasteiger partial charge in [-0.05, 0) is 6.07 Å². The molecule has 0 radical (unpaired) electrons. The van der Waals surface area contributed by atoms with Gasteiger partial charge in [-0.1, -0.05) is 0 Å². The van der Waals surface area contributed by atoms with E-state index in [9.17, 15) is 4.79 Å². The summed E-state index contributed by atoms with van der Waals surface area (Å²) in [6, 6.07) is 2.14. The fourth-order valence-corrected chi connectivity index (χ4v) is 1.27. The molecule has 0 aliphatic carbocycles. The highest BCUT2D eigenvalue weighted by molar-refractivity contribution is 5.89. The summed E-state index contributed by atoms with van der Waals surface area (Å²) >= 11 is 0. The molecule has 0 atom stereocenters. The maximum absolute atomic E-state index is 11.1. The summed E-state index contributed by atoms with van der Waals surface area (Å²) in [5.74, 6) is -0.293. The van der Waals surface area contributed by atoms with Crippen LogP contribution in [0, 0.1) is 0 Å². The van der Waals surface area contributed by atoms with E-state index in [0.29, 0.717) is 11.6 Å². The van der Waals surface area contributed by atoms with E-state index < -0.39 is 0 Å². The first-order valence-electron chi connectivity index (χ1n) is 4.15. The first-order valence-corrected chi connectivity index (χ1v) is 4.15. The highest BCUT2D eigenvalue weighted by Crippen LogP contribution is 2.18. The lowest BCUT2D eigenvalue weighted by molar-refractivity contribution is -0.0232. The van der Waals surface area contributed by atoms with E-state index in [1.165, 1.54) is 7.11 Å². The Bertz CT molecular complexity index is 314. The molecular formula is C9H11NO3. The van der Waals surface area contributed by atoms with Gasteiger partial charge in [0.25, 0.3) is 0 Å². The zero-order valence-electron chi connectivity index (χ0n) is 7.40. The van der Waals surface area contributed by atoms with Crippen molar-refractivity contribution in [2.45, 2.75) is 6.04 Å². The maximum Gasteiger partial charge on any atom is 0.339 e. The molecule has 70 valence electrons. The van der Waals surface area contributed by atoms with Crippen LogP contribution in [0.1, 0.15) is 16.4 Å². The van der Waals surface area contributed by atoms with Crippen LogP contribution in [0.2, 0.25) is 0 Å². The summed E-state index contributed by atoms with van der Waals surface area (Å²) in [6.07, 6.45) is 3.67. The van der Waals surface area contributed by atoms with Gasteiger partial charge in [0.15, 0.2) is 0 Å². The number of hydrogen-bond acceptors (Lipinski definition) is 3. The smallest absolute Gasteiger partial charge is 0.339 e.